The molecule has 0 N–H and O–H groups in total. The number of hydrogen-bond donors (Lipinski definition) is 0. The zero-order valence-corrected chi connectivity index (χ0v) is 23.6. The van der Waals surface area contributed by atoms with E-state index in [9.17, 15) is 39.6 Å². The molecule has 0 unspecified atom stereocenters. The third-order valence-electron chi connectivity index (χ3n) is 2.14. The summed E-state index contributed by atoms with van der Waals surface area (Å²) in [6, 6.07) is 0. The van der Waals surface area contributed by atoms with Gasteiger partial charge in [0.05, 0.1) is 23.9 Å². The van der Waals surface area contributed by atoms with Gasteiger partial charge in [-0.25, -0.2) is 0 Å². The summed E-state index contributed by atoms with van der Waals surface area (Å²) < 4.78 is 0. The molecule has 0 heterocycles. The number of nitrogens with zero attached hydrogens (tertiary/aromatic N) is 2. The number of carboxylic acids is 4. The third-order valence-corrected chi connectivity index (χ3v) is 2.14. The molecule has 0 bridgehead atoms. The molecule has 0 radical (unpaired) electrons. The summed E-state index contributed by atoms with van der Waals surface area (Å²) in [6.45, 7) is -3.25. The molecule has 120 valence electrons. The second-order valence-electron chi connectivity index (χ2n) is 3.91. The monoisotopic (exact) mass is 495 g/mol. The molecule has 0 saturated heterocycles. The fourth-order valence-electron chi connectivity index (χ4n) is 1.44. The molecular formula is C10H12CaFeMgN2NaO8Zn+5. The second-order valence-corrected chi connectivity index (χ2v) is 3.91. The van der Waals surface area contributed by atoms with Gasteiger partial charge < -0.3 is 39.6 Å². The van der Waals surface area contributed by atoms with Gasteiger partial charge in [-0.05, 0) is 0 Å². The van der Waals surface area contributed by atoms with Gasteiger partial charge in [-0.15, -0.1) is 0 Å². The molecule has 10 nitrogen and oxygen atoms in total. The Hall–Kier alpha value is 1.97. The number of carbonyl (C=O) groups excluding carboxylic acids is 4. The van der Waals surface area contributed by atoms with Crippen LogP contribution in [-0.2, 0) is 55.7 Å². The maximum atomic E-state index is 10.4. The van der Waals surface area contributed by atoms with Crippen LogP contribution in [0.25, 0.3) is 0 Å². The maximum Gasteiger partial charge on any atom is 2.00 e. The number of rotatable bonds is 11. The van der Waals surface area contributed by atoms with Gasteiger partial charge in [-0.2, -0.15) is 0 Å². The predicted molar refractivity (Wildman–Crippen MR) is 64.4 cm³/mol. The normalized spacial score (nSPS) is 8.56. The van der Waals surface area contributed by atoms with Gasteiger partial charge in [0, 0.05) is 39.3 Å². The maximum absolute atomic E-state index is 10.4. The Morgan fingerprint density at radius 1 is 0.640 bits per heavy atom. The van der Waals surface area contributed by atoms with Gasteiger partial charge in [0.25, 0.3) is 0 Å². The van der Waals surface area contributed by atoms with Crippen molar-refractivity contribution >= 4 is 84.7 Å². The molecule has 25 heavy (non-hydrogen) atoms. The molecule has 0 aliphatic rings. The minimum atomic E-state index is -1.53. The van der Waals surface area contributed by atoms with Crippen molar-refractivity contribution in [2.75, 3.05) is 39.3 Å². The van der Waals surface area contributed by atoms with E-state index in [0.29, 0.717) is 0 Å². The Balaban J connectivity index is -0.000000180. The van der Waals surface area contributed by atoms with Crippen LogP contribution in [-0.4, -0.2) is 134 Å². The van der Waals surface area contributed by atoms with Crippen LogP contribution in [0, 0.1) is 0 Å². The van der Waals surface area contributed by atoms with Gasteiger partial charge in [0.2, 0.25) is 0 Å². The molecular weight excluding hydrogens is 485 g/mol. The number of carboxylic acid groups (broad SMARTS) is 4. The van der Waals surface area contributed by atoms with E-state index in [1.54, 1.807) is 0 Å². The quantitative estimate of drug-likeness (QED) is 0.250. The SMILES string of the molecule is O=C([O-])CN(CCN(CC(=O)[O-])CC(=O)[O-])CC(=O)[O-].[Ca+2].[Fe+2].[Mg+2].[Na+].[Zn+2]. The molecule has 0 aliphatic heterocycles. The first-order valence-corrected chi connectivity index (χ1v) is 5.44. The summed E-state index contributed by atoms with van der Waals surface area (Å²) in [6.07, 6.45) is 0. The summed E-state index contributed by atoms with van der Waals surface area (Å²) in [5, 5.41) is 41.6. The van der Waals surface area contributed by atoms with Gasteiger partial charge in [-0.3, -0.25) is 9.80 Å². The first-order valence-electron chi connectivity index (χ1n) is 5.44. The zero-order valence-electron chi connectivity index (χ0n) is 13.9. The Morgan fingerprint density at radius 2 is 0.800 bits per heavy atom. The van der Waals surface area contributed by atoms with E-state index in [-0.39, 0.29) is 140 Å². The third kappa shape index (κ3) is 28.3. The van der Waals surface area contributed by atoms with E-state index in [4.69, 9.17) is 0 Å². The minimum Gasteiger partial charge on any atom is -0.549 e. The molecule has 0 aromatic rings. The summed E-state index contributed by atoms with van der Waals surface area (Å²) in [5.74, 6) is -6.12. The first-order chi connectivity index (χ1) is 9.20. The summed E-state index contributed by atoms with van der Waals surface area (Å²) >= 11 is 0. The Kier molecular flexibility index (Phi) is 39.7. The zero-order chi connectivity index (χ0) is 15.7. The molecule has 0 aromatic heterocycles. The average molecular weight is 497 g/mol. The Bertz CT molecular complexity index is 345. The molecule has 0 atom stereocenters. The molecule has 0 spiro atoms. The van der Waals surface area contributed by atoms with Crippen molar-refractivity contribution in [3.05, 3.63) is 0 Å². The predicted octanol–water partition coefficient (Wildman–Crippen LogP) is -11.2. The molecule has 0 amide bonds. The Morgan fingerprint density at radius 3 is 0.920 bits per heavy atom. The van der Waals surface area contributed by atoms with Crippen LogP contribution in [0.2, 0.25) is 0 Å². The first kappa shape index (κ1) is 41.4. The number of hydrogen-bond acceptors (Lipinski definition) is 10. The van der Waals surface area contributed by atoms with Crippen molar-refractivity contribution in [1.82, 2.24) is 9.80 Å². The Labute approximate surface area is 236 Å². The van der Waals surface area contributed by atoms with Crippen molar-refractivity contribution in [3.8, 4) is 0 Å². The van der Waals surface area contributed by atoms with Gasteiger partial charge >= 0.3 is 127 Å². The van der Waals surface area contributed by atoms with Crippen LogP contribution in [0.15, 0.2) is 0 Å². The van der Waals surface area contributed by atoms with Crippen LogP contribution in [0.4, 0.5) is 0 Å². The fraction of sp³-hybridized carbons (Fsp3) is 0.600. The van der Waals surface area contributed by atoms with Crippen molar-refractivity contribution in [2.24, 2.45) is 0 Å². The molecule has 0 rings (SSSR count). The molecule has 0 aliphatic carbocycles. The van der Waals surface area contributed by atoms with Crippen LogP contribution >= 0.6 is 0 Å². The average Bonchev–Trinajstić information content (AvgIpc) is 2.22. The summed E-state index contributed by atoms with van der Waals surface area (Å²) in [5.41, 5.74) is 0. The van der Waals surface area contributed by atoms with E-state index in [2.05, 4.69) is 0 Å². The van der Waals surface area contributed by atoms with Crippen molar-refractivity contribution < 1.29 is 106 Å². The second kappa shape index (κ2) is 24.0. The van der Waals surface area contributed by atoms with E-state index >= 15 is 0 Å². The summed E-state index contributed by atoms with van der Waals surface area (Å²) in [4.78, 5) is 43.4. The summed E-state index contributed by atoms with van der Waals surface area (Å²) in [7, 11) is 0. The van der Waals surface area contributed by atoms with Crippen molar-refractivity contribution in [3.63, 3.8) is 0 Å². The van der Waals surface area contributed by atoms with Gasteiger partial charge in [0.1, 0.15) is 0 Å². The largest absolute Gasteiger partial charge is 2.00 e. The van der Waals surface area contributed by atoms with Crippen LogP contribution in [0.3, 0.4) is 0 Å². The number of aliphatic carboxylic acids is 4. The minimum absolute atomic E-state index is 0. The van der Waals surface area contributed by atoms with Gasteiger partial charge in [0.15, 0.2) is 0 Å². The van der Waals surface area contributed by atoms with Crippen LogP contribution in [0.5, 0.6) is 0 Å². The van der Waals surface area contributed by atoms with Crippen LogP contribution in [0.1, 0.15) is 0 Å². The standard InChI is InChI=1S/C10H16N2O8.Ca.Fe.Mg.Na.Zn/c13-7(14)3-11(4-8(15)16)1-2-12(5-9(17)18)6-10(19)20;;;;;/h1-6H2,(H,13,14)(H,15,16)(H,17,18)(H,19,20);;;;;/q;3*+2;+1;+2/p-4. The fourth-order valence-corrected chi connectivity index (χ4v) is 1.44. The smallest absolute Gasteiger partial charge is 0.549 e. The molecule has 15 heteroatoms. The van der Waals surface area contributed by atoms with Gasteiger partial charge in [-0.1, -0.05) is 0 Å². The molecule has 0 fully saturated rings. The van der Waals surface area contributed by atoms with Crippen LogP contribution < -0.4 is 50.0 Å². The topological polar surface area (TPSA) is 167 Å². The van der Waals surface area contributed by atoms with E-state index in [1.165, 1.54) is 0 Å². The molecule has 0 aromatic carbocycles. The van der Waals surface area contributed by atoms with Crippen molar-refractivity contribution in [2.45, 2.75) is 0 Å². The van der Waals surface area contributed by atoms with Crippen molar-refractivity contribution in [1.29, 1.82) is 0 Å². The van der Waals surface area contributed by atoms with E-state index in [1.807, 2.05) is 0 Å². The number of carbonyl (C=O) groups is 4. The molecule has 0 saturated carbocycles. The van der Waals surface area contributed by atoms with E-state index in [0.717, 1.165) is 9.80 Å². The van der Waals surface area contributed by atoms with E-state index < -0.39 is 50.1 Å².